The Balaban J connectivity index is 1.47. The topological polar surface area (TPSA) is 103 Å². The number of aromatic amines is 1. The summed E-state index contributed by atoms with van der Waals surface area (Å²) in [5.41, 5.74) is 3.13. The monoisotopic (exact) mass is 451 g/mol. The average molecular weight is 452 g/mol. The number of phenols is 1. The van der Waals surface area contributed by atoms with Gasteiger partial charge in [0.15, 0.2) is 5.82 Å². The number of phenolic OH excluding ortho intramolecular Hbond substituents is 1. The van der Waals surface area contributed by atoms with Gasteiger partial charge in [-0.1, -0.05) is 33.8 Å². The molecule has 1 aromatic heterocycles. The number of hydrogen-bond acceptors (Lipinski definition) is 6. The molecule has 3 aromatic rings. The first-order chi connectivity index (χ1) is 15.8. The van der Waals surface area contributed by atoms with Gasteiger partial charge in [0.05, 0.1) is 11.1 Å². The fraction of sp³-hybridized carbons (Fsp3) is 0.440. The summed E-state index contributed by atoms with van der Waals surface area (Å²) < 4.78 is 5.85. The van der Waals surface area contributed by atoms with Crippen LogP contribution in [0.4, 0.5) is 5.82 Å². The highest BCUT2D eigenvalue weighted by Crippen LogP contribution is 2.32. The van der Waals surface area contributed by atoms with Gasteiger partial charge in [0.2, 0.25) is 0 Å². The van der Waals surface area contributed by atoms with Gasteiger partial charge in [0.1, 0.15) is 18.1 Å². The molecule has 33 heavy (non-hydrogen) atoms. The normalized spacial score (nSPS) is 13.2. The van der Waals surface area contributed by atoms with Crippen LogP contribution in [-0.2, 0) is 13.1 Å². The molecular weight excluding hydrogens is 418 g/mol. The lowest BCUT2D eigenvalue weighted by Gasteiger charge is -2.16. The van der Waals surface area contributed by atoms with Crippen LogP contribution >= 0.6 is 0 Å². The Hall–Kier alpha value is -3.26. The van der Waals surface area contributed by atoms with Crippen LogP contribution in [0.3, 0.4) is 0 Å². The van der Waals surface area contributed by atoms with Gasteiger partial charge in [-0.15, -0.1) is 0 Å². The Morgan fingerprint density at radius 3 is 2.73 bits per heavy atom. The van der Waals surface area contributed by atoms with Crippen LogP contribution in [0.25, 0.3) is 10.9 Å². The molecule has 0 saturated carbocycles. The maximum Gasteiger partial charge on any atom is 0.258 e. The fourth-order valence-electron chi connectivity index (χ4n) is 3.95. The lowest BCUT2D eigenvalue weighted by molar-refractivity contribution is 0.0748. The van der Waals surface area contributed by atoms with Crippen molar-refractivity contribution in [1.29, 1.82) is 0 Å². The summed E-state index contributed by atoms with van der Waals surface area (Å²) in [5.74, 6) is 1.69. The van der Waals surface area contributed by atoms with E-state index in [1.807, 2.05) is 18.2 Å². The maximum atomic E-state index is 13.3. The molecule has 0 fully saturated rings. The number of nitrogens with zero attached hydrogens (tertiary/aromatic N) is 2. The molecule has 0 saturated heterocycles. The number of carbonyl (C=O) groups is 1. The van der Waals surface area contributed by atoms with Crippen LogP contribution in [-0.4, -0.2) is 51.8 Å². The molecule has 0 unspecified atom stereocenters. The molecule has 4 N–H and O–H groups in total. The molecule has 176 valence electrons. The highest BCUT2D eigenvalue weighted by Gasteiger charge is 2.27. The second-order valence-corrected chi connectivity index (χ2v) is 9.31. The predicted molar refractivity (Wildman–Crippen MR) is 130 cm³/mol. The van der Waals surface area contributed by atoms with E-state index < -0.39 is 0 Å². The molecule has 8 nitrogen and oxygen atoms in total. The second-order valence-electron chi connectivity index (χ2n) is 9.31. The minimum atomic E-state index is -0.204. The van der Waals surface area contributed by atoms with Gasteiger partial charge in [-0.3, -0.25) is 9.89 Å². The van der Waals surface area contributed by atoms with Crippen molar-refractivity contribution in [2.45, 2.75) is 46.8 Å². The molecular formula is C25H33N5O3. The number of rotatable bonds is 9. The smallest absolute Gasteiger partial charge is 0.258 e. The number of nitrogens with one attached hydrogen (secondary N) is 3. The number of benzene rings is 2. The number of aromatic nitrogens is 2. The molecule has 0 aliphatic carbocycles. The van der Waals surface area contributed by atoms with Crippen molar-refractivity contribution in [3.05, 3.63) is 47.0 Å². The number of fused-ring (bicyclic) bond motifs is 2. The van der Waals surface area contributed by atoms with Crippen molar-refractivity contribution in [2.75, 3.05) is 25.0 Å². The molecule has 2 aromatic carbocycles. The third-order valence-corrected chi connectivity index (χ3v) is 5.70. The molecule has 0 atom stereocenters. The zero-order valence-corrected chi connectivity index (χ0v) is 19.7. The Kier molecular flexibility index (Phi) is 6.74. The summed E-state index contributed by atoms with van der Waals surface area (Å²) in [6, 6.07) is 9.68. The van der Waals surface area contributed by atoms with Crippen molar-refractivity contribution in [2.24, 2.45) is 5.92 Å². The number of amides is 1. The Morgan fingerprint density at radius 1 is 1.18 bits per heavy atom. The third kappa shape index (κ3) is 5.22. The minimum Gasteiger partial charge on any atom is -0.507 e. The molecule has 1 aliphatic rings. The highest BCUT2D eigenvalue weighted by molar-refractivity contribution is 6.03. The summed E-state index contributed by atoms with van der Waals surface area (Å²) in [5, 5.41) is 25.2. The quantitative estimate of drug-likeness (QED) is 0.368. The van der Waals surface area contributed by atoms with Crippen LogP contribution in [0.1, 0.15) is 49.2 Å². The van der Waals surface area contributed by atoms with Gasteiger partial charge >= 0.3 is 0 Å². The first kappa shape index (κ1) is 22.9. The average Bonchev–Trinajstić information content (AvgIpc) is 3.37. The van der Waals surface area contributed by atoms with E-state index in [1.54, 1.807) is 17.0 Å². The summed E-state index contributed by atoms with van der Waals surface area (Å²) in [6.07, 6.45) is 0. The van der Waals surface area contributed by atoms with Crippen LogP contribution < -0.4 is 15.4 Å². The number of ether oxygens (including phenoxy) is 1. The van der Waals surface area contributed by atoms with E-state index in [-0.39, 0.29) is 17.2 Å². The molecule has 1 amide bonds. The molecule has 8 heteroatoms. The van der Waals surface area contributed by atoms with Gasteiger partial charge < -0.3 is 25.4 Å². The van der Waals surface area contributed by atoms with Crippen LogP contribution in [0.15, 0.2) is 30.3 Å². The van der Waals surface area contributed by atoms with Crippen LogP contribution in [0, 0.1) is 5.92 Å². The largest absolute Gasteiger partial charge is 0.507 e. The molecule has 0 radical (unpaired) electrons. The van der Waals surface area contributed by atoms with Gasteiger partial charge in [-0.2, -0.15) is 5.10 Å². The van der Waals surface area contributed by atoms with Crippen molar-refractivity contribution in [1.82, 2.24) is 20.4 Å². The summed E-state index contributed by atoms with van der Waals surface area (Å²) in [4.78, 5) is 15.1. The molecule has 0 spiro atoms. The number of H-pyrrole nitrogens is 1. The lowest BCUT2D eigenvalue weighted by Crippen LogP contribution is -2.27. The lowest BCUT2D eigenvalue weighted by atomic mass is 10.1. The van der Waals surface area contributed by atoms with Gasteiger partial charge in [-0.25, -0.2) is 0 Å². The fourth-order valence-corrected chi connectivity index (χ4v) is 3.95. The molecule has 0 bridgehead atoms. The number of anilines is 1. The first-order valence-corrected chi connectivity index (χ1v) is 11.5. The molecule has 4 rings (SSSR count). The van der Waals surface area contributed by atoms with Crippen molar-refractivity contribution in [3.63, 3.8) is 0 Å². The first-order valence-electron chi connectivity index (χ1n) is 11.5. The summed E-state index contributed by atoms with van der Waals surface area (Å²) >= 11 is 0. The standard InChI is InChI=1S/C25H33N5O3/c1-15(2)12-27-24-20-10-21(23(31)11-22(20)28-29-24)25(32)30-13-17-5-6-19(9-18(17)14-30)33-8-7-26-16(3)4/h5-6,9-11,15-16,26,31H,7-8,12-14H2,1-4H3,(H2,27,28,29). The van der Waals surface area contributed by atoms with E-state index in [1.165, 1.54) is 0 Å². The highest BCUT2D eigenvalue weighted by atomic mass is 16.5. The van der Waals surface area contributed by atoms with Crippen molar-refractivity contribution in [3.8, 4) is 11.5 Å². The van der Waals surface area contributed by atoms with E-state index >= 15 is 0 Å². The van der Waals surface area contributed by atoms with Gasteiger partial charge in [0.25, 0.3) is 5.91 Å². The van der Waals surface area contributed by atoms with Crippen molar-refractivity contribution >= 4 is 22.6 Å². The van der Waals surface area contributed by atoms with Gasteiger partial charge in [-0.05, 0) is 35.2 Å². The number of aromatic hydroxyl groups is 1. The zero-order valence-electron chi connectivity index (χ0n) is 19.7. The second kappa shape index (κ2) is 9.70. The van der Waals surface area contributed by atoms with Crippen LogP contribution in [0.5, 0.6) is 11.5 Å². The van der Waals surface area contributed by atoms with E-state index in [4.69, 9.17) is 4.74 Å². The summed E-state index contributed by atoms with van der Waals surface area (Å²) in [6.45, 7) is 11.6. The summed E-state index contributed by atoms with van der Waals surface area (Å²) in [7, 11) is 0. The molecule has 1 aliphatic heterocycles. The minimum absolute atomic E-state index is 0.0517. The number of hydrogen-bond donors (Lipinski definition) is 4. The van der Waals surface area contributed by atoms with Crippen molar-refractivity contribution < 1.29 is 14.6 Å². The zero-order chi connectivity index (χ0) is 23.5. The predicted octanol–water partition coefficient (Wildman–Crippen LogP) is 3.87. The Morgan fingerprint density at radius 2 is 1.97 bits per heavy atom. The number of carbonyl (C=O) groups excluding carboxylic acids is 1. The van der Waals surface area contributed by atoms with E-state index in [0.717, 1.165) is 35.4 Å². The Labute approximate surface area is 194 Å². The SMILES string of the molecule is CC(C)CNc1n[nH]c2cc(O)c(C(=O)N3Cc4ccc(OCCNC(C)C)cc4C3)cc12. The van der Waals surface area contributed by atoms with E-state index in [2.05, 4.69) is 48.5 Å². The van der Waals surface area contributed by atoms with E-state index in [9.17, 15) is 9.90 Å². The maximum absolute atomic E-state index is 13.3. The third-order valence-electron chi connectivity index (χ3n) is 5.70. The van der Waals surface area contributed by atoms with E-state index in [0.29, 0.717) is 43.0 Å². The Bertz CT molecular complexity index is 1140. The molecule has 2 heterocycles. The van der Waals surface area contributed by atoms with Gasteiger partial charge in [0, 0.05) is 43.7 Å². The van der Waals surface area contributed by atoms with Crippen LogP contribution in [0.2, 0.25) is 0 Å².